The van der Waals surface area contributed by atoms with Crippen LogP contribution in [-0.4, -0.2) is 44.4 Å². The number of likely N-dealkylation sites (N-methyl/N-ethyl adjacent to an activating group) is 1. The Bertz CT molecular complexity index is 457. The van der Waals surface area contributed by atoms with Gasteiger partial charge in [0, 0.05) is 13.2 Å². The lowest BCUT2D eigenvalue weighted by molar-refractivity contribution is -0.147. The molecule has 1 amide bonds. The molecule has 1 N–H and O–H groups in total. The maximum atomic E-state index is 12.0. The maximum Gasteiger partial charge on any atom is 0.329 e. The van der Waals surface area contributed by atoms with E-state index in [4.69, 9.17) is 5.11 Å². The fraction of sp³-hybridized carbons (Fsp3) is 0.455. The van der Waals surface area contributed by atoms with Crippen molar-refractivity contribution in [2.45, 2.75) is 26.3 Å². The third-order valence-corrected chi connectivity index (χ3v) is 2.66. The smallest absolute Gasteiger partial charge is 0.329 e. The Morgan fingerprint density at radius 1 is 1.41 bits per heavy atom. The second-order valence-corrected chi connectivity index (χ2v) is 4.22. The first-order valence-electron chi connectivity index (χ1n) is 5.08. The van der Waals surface area contributed by atoms with E-state index in [0.717, 1.165) is 4.90 Å². The van der Waals surface area contributed by atoms with Gasteiger partial charge in [-0.1, -0.05) is 0 Å². The standard InChI is InChI=1S/C11H15N3O3/c1-7-12-6-5-8(13-7)9(15)14(4)11(2,3)10(16)17/h5-6H,1-4H3,(H,16,17). The molecule has 0 aliphatic heterocycles. The highest BCUT2D eigenvalue weighted by atomic mass is 16.4. The van der Waals surface area contributed by atoms with Gasteiger partial charge in [0.1, 0.15) is 17.1 Å². The summed E-state index contributed by atoms with van der Waals surface area (Å²) in [6, 6.07) is 1.46. The monoisotopic (exact) mass is 237 g/mol. The van der Waals surface area contributed by atoms with Crippen LogP contribution in [0.1, 0.15) is 30.2 Å². The Labute approximate surface area is 99.3 Å². The zero-order chi connectivity index (χ0) is 13.2. The second kappa shape index (κ2) is 4.48. The lowest BCUT2D eigenvalue weighted by Gasteiger charge is -2.31. The van der Waals surface area contributed by atoms with Crippen LogP contribution < -0.4 is 0 Å². The number of aliphatic carboxylic acids is 1. The van der Waals surface area contributed by atoms with Gasteiger partial charge >= 0.3 is 5.97 Å². The van der Waals surface area contributed by atoms with Crippen LogP contribution >= 0.6 is 0 Å². The Kier molecular flexibility index (Phi) is 3.45. The number of carbonyl (C=O) groups excluding carboxylic acids is 1. The molecule has 0 unspecified atom stereocenters. The first-order valence-corrected chi connectivity index (χ1v) is 5.08. The van der Waals surface area contributed by atoms with E-state index >= 15 is 0 Å². The molecule has 1 heterocycles. The molecule has 0 saturated heterocycles. The molecule has 1 rings (SSSR count). The molecule has 0 bridgehead atoms. The van der Waals surface area contributed by atoms with Crippen molar-refractivity contribution in [2.24, 2.45) is 0 Å². The van der Waals surface area contributed by atoms with Gasteiger partial charge in [0.25, 0.3) is 5.91 Å². The summed E-state index contributed by atoms with van der Waals surface area (Å²) in [4.78, 5) is 32.1. The van der Waals surface area contributed by atoms with E-state index in [1.807, 2.05) is 0 Å². The number of aromatic nitrogens is 2. The number of carboxylic acid groups (broad SMARTS) is 1. The summed E-state index contributed by atoms with van der Waals surface area (Å²) in [5.74, 6) is -1.04. The van der Waals surface area contributed by atoms with E-state index in [0.29, 0.717) is 5.82 Å². The Balaban J connectivity index is 3.02. The average Bonchev–Trinajstić information content (AvgIpc) is 2.26. The van der Waals surface area contributed by atoms with Crippen LogP contribution in [-0.2, 0) is 4.79 Å². The average molecular weight is 237 g/mol. The predicted molar refractivity (Wildman–Crippen MR) is 60.6 cm³/mol. The quantitative estimate of drug-likeness (QED) is 0.837. The number of aryl methyl sites for hydroxylation is 1. The molecule has 0 fully saturated rings. The lowest BCUT2D eigenvalue weighted by Crippen LogP contribution is -2.51. The van der Waals surface area contributed by atoms with Gasteiger partial charge in [-0.25, -0.2) is 14.8 Å². The molecule has 0 aromatic carbocycles. The van der Waals surface area contributed by atoms with E-state index in [-0.39, 0.29) is 5.69 Å². The molecule has 0 atom stereocenters. The zero-order valence-corrected chi connectivity index (χ0v) is 10.3. The van der Waals surface area contributed by atoms with E-state index in [1.165, 1.54) is 33.2 Å². The Morgan fingerprint density at radius 3 is 2.47 bits per heavy atom. The lowest BCUT2D eigenvalue weighted by atomic mass is 10.0. The molecule has 0 saturated carbocycles. The topological polar surface area (TPSA) is 83.4 Å². The summed E-state index contributed by atoms with van der Waals surface area (Å²) in [6.07, 6.45) is 1.47. The van der Waals surface area contributed by atoms with Crippen molar-refractivity contribution >= 4 is 11.9 Å². The van der Waals surface area contributed by atoms with Crippen LogP contribution in [0.5, 0.6) is 0 Å². The molecule has 6 heteroatoms. The third kappa shape index (κ3) is 2.58. The molecule has 92 valence electrons. The molecule has 0 radical (unpaired) electrons. The van der Waals surface area contributed by atoms with Crippen molar-refractivity contribution < 1.29 is 14.7 Å². The van der Waals surface area contributed by atoms with Gasteiger partial charge in [0.15, 0.2) is 0 Å². The van der Waals surface area contributed by atoms with Crippen molar-refractivity contribution in [3.05, 3.63) is 23.8 Å². The molecule has 0 aliphatic carbocycles. The van der Waals surface area contributed by atoms with Gasteiger partial charge < -0.3 is 10.0 Å². The first kappa shape index (κ1) is 13.1. The summed E-state index contributed by atoms with van der Waals surface area (Å²) in [5.41, 5.74) is -1.09. The van der Waals surface area contributed by atoms with E-state index in [1.54, 1.807) is 6.92 Å². The van der Waals surface area contributed by atoms with E-state index in [2.05, 4.69) is 9.97 Å². The summed E-state index contributed by atoms with van der Waals surface area (Å²) in [7, 11) is 1.44. The Morgan fingerprint density at radius 2 is 2.00 bits per heavy atom. The van der Waals surface area contributed by atoms with Crippen LogP contribution in [0, 0.1) is 6.92 Å². The highest BCUT2D eigenvalue weighted by Crippen LogP contribution is 2.15. The van der Waals surface area contributed by atoms with Crippen LogP contribution in [0.4, 0.5) is 0 Å². The minimum Gasteiger partial charge on any atom is -0.480 e. The van der Waals surface area contributed by atoms with Crippen LogP contribution in [0.15, 0.2) is 12.3 Å². The van der Waals surface area contributed by atoms with E-state index < -0.39 is 17.4 Å². The Hall–Kier alpha value is -1.98. The van der Waals surface area contributed by atoms with E-state index in [9.17, 15) is 9.59 Å². The highest BCUT2D eigenvalue weighted by molar-refractivity contribution is 5.95. The predicted octanol–water partition coefficient (Wildman–Crippen LogP) is 0.720. The van der Waals surface area contributed by atoms with Crippen LogP contribution in [0.25, 0.3) is 0 Å². The van der Waals surface area contributed by atoms with Crippen LogP contribution in [0.2, 0.25) is 0 Å². The van der Waals surface area contributed by atoms with Gasteiger partial charge in [0.05, 0.1) is 0 Å². The van der Waals surface area contributed by atoms with Crippen molar-refractivity contribution in [2.75, 3.05) is 7.05 Å². The second-order valence-electron chi connectivity index (χ2n) is 4.22. The normalized spacial score (nSPS) is 11.1. The van der Waals surface area contributed by atoms with Crippen LogP contribution in [0.3, 0.4) is 0 Å². The zero-order valence-electron chi connectivity index (χ0n) is 10.3. The minimum absolute atomic E-state index is 0.189. The molecular formula is C11H15N3O3. The number of amides is 1. The number of hydrogen-bond acceptors (Lipinski definition) is 4. The van der Waals surface area contributed by atoms with Crippen molar-refractivity contribution in [1.82, 2.24) is 14.9 Å². The summed E-state index contributed by atoms with van der Waals surface area (Å²) in [5, 5.41) is 9.04. The number of carbonyl (C=O) groups is 2. The fourth-order valence-electron chi connectivity index (χ4n) is 1.14. The summed E-state index contributed by atoms with van der Waals surface area (Å²) >= 11 is 0. The molecule has 6 nitrogen and oxygen atoms in total. The van der Waals surface area contributed by atoms with Gasteiger partial charge in [-0.15, -0.1) is 0 Å². The third-order valence-electron chi connectivity index (χ3n) is 2.66. The van der Waals surface area contributed by atoms with Gasteiger partial charge in [-0.2, -0.15) is 0 Å². The number of nitrogens with zero attached hydrogens (tertiary/aromatic N) is 3. The van der Waals surface area contributed by atoms with Gasteiger partial charge in [-0.05, 0) is 26.8 Å². The number of carboxylic acids is 1. The summed E-state index contributed by atoms with van der Waals surface area (Å²) in [6.45, 7) is 4.58. The fourth-order valence-corrected chi connectivity index (χ4v) is 1.14. The molecule has 1 aromatic heterocycles. The number of hydrogen-bond donors (Lipinski definition) is 1. The molecular weight excluding hydrogens is 222 g/mol. The molecule has 1 aromatic rings. The SMILES string of the molecule is Cc1nccc(C(=O)N(C)C(C)(C)C(=O)O)n1. The van der Waals surface area contributed by atoms with Crippen molar-refractivity contribution in [3.63, 3.8) is 0 Å². The van der Waals surface area contributed by atoms with Crippen molar-refractivity contribution in [3.8, 4) is 0 Å². The highest BCUT2D eigenvalue weighted by Gasteiger charge is 2.36. The first-order chi connectivity index (χ1) is 7.76. The van der Waals surface area contributed by atoms with Crippen molar-refractivity contribution in [1.29, 1.82) is 0 Å². The van der Waals surface area contributed by atoms with Gasteiger partial charge in [0.2, 0.25) is 0 Å². The maximum absolute atomic E-state index is 12.0. The largest absolute Gasteiger partial charge is 0.480 e. The minimum atomic E-state index is -1.28. The molecule has 17 heavy (non-hydrogen) atoms. The van der Waals surface area contributed by atoms with Gasteiger partial charge in [-0.3, -0.25) is 4.79 Å². The molecule has 0 aliphatic rings. The molecule has 0 spiro atoms. The summed E-state index contributed by atoms with van der Waals surface area (Å²) < 4.78 is 0. The number of rotatable bonds is 3.